The normalized spacial score (nSPS) is 31.6. The average Bonchev–Trinajstić information content (AvgIpc) is 2.76. The van der Waals surface area contributed by atoms with Gasteiger partial charge in [-0.1, -0.05) is 19.3 Å². The van der Waals surface area contributed by atoms with E-state index < -0.39 is 0 Å². The van der Waals surface area contributed by atoms with E-state index in [1.807, 2.05) is 6.92 Å². The van der Waals surface area contributed by atoms with Crippen LogP contribution in [0.3, 0.4) is 0 Å². The molecule has 7 heteroatoms. The highest BCUT2D eigenvalue weighted by Crippen LogP contribution is 2.36. The molecule has 4 atom stereocenters. The predicted molar refractivity (Wildman–Crippen MR) is 109 cm³/mol. The summed E-state index contributed by atoms with van der Waals surface area (Å²) in [6.07, 6.45) is 8.43. The van der Waals surface area contributed by atoms with Gasteiger partial charge in [-0.2, -0.15) is 0 Å². The van der Waals surface area contributed by atoms with E-state index >= 15 is 0 Å². The van der Waals surface area contributed by atoms with Gasteiger partial charge < -0.3 is 19.5 Å². The number of hydrogen-bond donors (Lipinski definition) is 1. The SMILES string of the molecule is COC(=O)C1=C(C)N(CC2CCCCC2)C(=O)NC1C1CCC(OC)C(OC)C1. The van der Waals surface area contributed by atoms with Gasteiger partial charge in [0, 0.05) is 26.5 Å². The van der Waals surface area contributed by atoms with Crippen molar-refractivity contribution in [1.82, 2.24) is 10.2 Å². The van der Waals surface area contributed by atoms with Gasteiger partial charge in [0.05, 0.1) is 30.9 Å². The molecule has 0 radical (unpaired) electrons. The zero-order chi connectivity index (χ0) is 21.0. The molecule has 29 heavy (non-hydrogen) atoms. The second kappa shape index (κ2) is 9.94. The third-order valence-electron chi connectivity index (χ3n) is 7.05. The van der Waals surface area contributed by atoms with Gasteiger partial charge in [-0.05, 0) is 50.9 Å². The summed E-state index contributed by atoms with van der Waals surface area (Å²) in [5, 5.41) is 3.13. The summed E-state index contributed by atoms with van der Waals surface area (Å²) in [4.78, 5) is 27.5. The first kappa shape index (κ1) is 22.1. The highest BCUT2D eigenvalue weighted by Gasteiger charge is 2.43. The van der Waals surface area contributed by atoms with E-state index in [1.165, 1.54) is 26.4 Å². The van der Waals surface area contributed by atoms with Gasteiger partial charge in [-0.3, -0.25) is 4.90 Å². The molecular formula is C22H36N2O5. The topological polar surface area (TPSA) is 77.1 Å². The molecule has 0 bridgehead atoms. The Balaban J connectivity index is 1.84. The molecule has 2 aliphatic carbocycles. The number of allylic oxidation sites excluding steroid dienone is 1. The van der Waals surface area contributed by atoms with Crippen molar-refractivity contribution in [2.45, 2.75) is 76.5 Å². The summed E-state index contributed by atoms with van der Waals surface area (Å²) in [5.74, 6) is 0.245. The molecule has 164 valence electrons. The molecule has 0 aromatic heterocycles. The van der Waals surface area contributed by atoms with Crippen LogP contribution in [0.2, 0.25) is 0 Å². The lowest BCUT2D eigenvalue weighted by Crippen LogP contribution is -2.57. The van der Waals surface area contributed by atoms with Gasteiger partial charge in [0.15, 0.2) is 0 Å². The molecule has 3 aliphatic rings. The van der Waals surface area contributed by atoms with Crippen LogP contribution in [-0.4, -0.2) is 63.0 Å². The molecule has 1 heterocycles. The van der Waals surface area contributed by atoms with Gasteiger partial charge in [0.1, 0.15) is 0 Å². The molecule has 0 aromatic rings. The summed E-state index contributed by atoms with van der Waals surface area (Å²) >= 11 is 0. The Morgan fingerprint density at radius 1 is 1.03 bits per heavy atom. The Morgan fingerprint density at radius 2 is 1.72 bits per heavy atom. The Morgan fingerprint density at radius 3 is 2.34 bits per heavy atom. The molecule has 2 saturated carbocycles. The molecule has 0 aromatic carbocycles. The van der Waals surface area contributed by atoms with E-state index in [-0.39, 0.29) is 36.2 Å². The number of nitrogens with zero attached hydrogens (tertiary/aromatic N) is 1. The minimum absolute atomic E-state index is 0.0462. The zero-order valence-corrected chi connectivity index (χ0v) is 18.2. The van der Waals surface area contributed by atoms with Gasteiger partial charge >= 0.3 is 12.0 Å². The van der Waals surface area contributed by atoms with Gasteiger partial charge in [-0.15, -0.1) is 0 Å². The number of carbonyl (C=O) groups is 2. The van der Waals surface area contributed by atoms with Crippen molar-refractivity contribution >= 4 is 12.0 Å². The molecule has 1 N–H and O–H groups in total. The second-order valence-electron chi connectivity index (χ2n) is 8.65. The molecular weight excluding hydrogens is 372 g/mol. The Labute approximate surface area is 174 Å². The van der Waals surface area contributed by atoms with Crippen molar-refractivity contribution in [1.29, 1.82) is 0 Å². The Hall–Kier alpha value is -1.60. The standard InChI is InChI=1S/C22H36N2O5/c1-14-19(21(25)29-4)20(16-10-11-17(27-2)18(12-16)28-3)23-22(26)24(14)13-15-8-6-5-7-9-15/h15-18,20H,5-13H2,1-4H3,(H,23,26). The fraction of sp³-hybridized carbons (Fsp3) is 0.818. The lowest BCUT2D eigenvalue weighted by Gasteiger charge is -2.43. The van der Waals surface area contributed by atoms with Gasteiger partial charge in [0.25, 0.3) is 0 Å². The molecule has 1 aliphatic heterocycles. The quantitative estimate of drug-likeness (QED) is 0.683. The molecule has 0 saturated heterocycles. The van der Waals surface area contributed by atoms with Crippen molar-refractivity contribution in [3.63, 3.8) is 0 Å². The van der Waals surface area contributed by atoms with Crippen molar-refractivity contribution < 1.29 is 23.8 Å². The summed E-state index contributed by atoms with van der Waals surface area (Å²) in [6, 6.07) is -0.457. The number of rotatable bonds is 6. The number of urea groups is 1. The number of ether oxygens (including phenoxy) is 3. The zero-order valence-electron chi connectivity index (χ0n) is 18.2. The molecule has 0 spiro atoms. The minimum atomic E-state index is -0.357. The molecule has 2 amide bonds. The van der Waals surface area contributed by atoms with Gasteiger partial charge in [0.2, 0.25) is 0 Å². The summed E-state index contributed by atoms with van der Waals surface area (Å²) in [6.45, 7) is 2.55. The number of methoxy groups -OCH3 is 3. The number of nitrogens with one attached hydrogen (secondary N) is 1. The maximum atomic E-state index is 13.0. The van der Waals surface area contributed by atoms with Crippen LogP contribution in [0.15, 0.2) is 11.3 Å². The fourth-order valence-corrected chi connectivity index (χ4v) is 5.34. The minimum Gasteiger partial charge on any atom is -0.466 e. The highest BCUT2D eigenvalue weighted by atomic mass is 16.5. The second-order valence-corrected chi connectivity index (χ2v) is 8.65. The maximum absolute atomic E-state index is 13.0. The van der Waals surface area contributed by atoms with Crippen molar-refractivity contribution in [2.24, 2.45) is 11.8 Å². The first-order valence-electron chi connectivity index (χ1n) is 10.9. The van der Waals surface area contributed by atoms with Gasteiger partial charge in [-0.25, -0.2) is 9.59 Å². The number of carbonyl (C=O) groups excluding carboxylic acids is 2. The third-order valence-corrected chi connectivity index (χ3v) is 7.05. The van der Waals surface area contributed by atoms with Crippen LogP contribution in [0, 0.1) is 11.8 Å². The maximum Gasteiger partial charge on any atom is 0.337 e. The van der Waals surface area contributed by atoms with E-state index in [0.29, 0.717) is 18.0 Å². The number of hydrogen-bond acceptors (Lipinski definition) is 5. The smallest absolute Gasteiger partial charge is 0.337 e. The Bertz CT molecular complexity index is 629. The number of amides is 2. The summed E-state index contributed by atoms with van der Waals surface area (Å²) in [7, 11) is 4.79. The van der Waals surface area contributed by atoms with Crippen LogP contribution < -0.4 is 5.32 Å². The van der Waals surface area contributed by atoms with Crippen LogP contribution in [0.4, 0.5) is 4.79 Å². The number of esters is 1. The van der Waals surface area contributed by atoms with Crippen LogP contribution in [0.1, 0.15) is 58.3 Å². The van der Waals surface area contributed by atoms with E-state index in [2.05, 4.69) is 5.32 Å². The van der Waals surface area contributed by atoms with Crippen LogP contribution in [-0.2, 0) is 19.0 Å². The molecule has 3 rings (SSSR count). The van der Waals surface area contributed by atoms with Crippen LogP contribution in [0.5, 0.6) is 0 Å². The van der Waals surface area contributed by atoms with Crippen molar-refractivity contribution in [2.75, 3.05) is 27.9 Å². The van der Waals surface area contributed by atoms with E-state index in [9.17, 15) is 9.59 Å². The summed E-state index contributed by atoms with van der Waals surface area (Å²) < 4.78 is 16.3. The van der Waals surface area contributed by atoms with E-state index in [4.69, 9.17) is 14.2 Å². The third kappa shape index (κ3) is 4.77. The average molecular weight is 409 g/mol. The Kier molecular flexibility index (Phi) is 7.57. The lowest BCUT2D eigenvalue weighted by molar-refractivity contribution is -0.137. The molecule has 7 nitrogen and oxygen atoms in total. The van der Waals surface area contributed by atoms with Crippen LogP contribution in [0.25, 0.3) is 0 Å². The predicted octanol–water partition coefficient (Wildman–Crippen LogP) is 3.24. The van der Waals surface area contributed by atoms with Crippen molar-refractivity contribution in [3.05, 3.63) is 11.3 Å². The first-order chi connectivity index (χ1) is 14.0. The molecule has 4 unspecified atom stereocenters. The van der Waals surface area contributed by atoms with Crippen molar-refractivity contribution in [3.8, 4) is 0 Å². The first-order valence-corrected chi connectivity index (χ1v) is 10.9. The summed E-state index contributed by atoms with van der Waals surface area (Å²) in [5.41, 5.74) is 1.32. The highest BCUT2D eigenvalue weighted by molar-refractivity contribution is 5.94. The largest absolute Gasteiger partial charge is 0.466 e. The van der Waals surface area contributed by atoms with E-state index in [1.54, 1.807) is 19.1 Å². The van der Waals surface area contributed by atoms with E-state index in [0.717, 1.165) is 37.8 Å². The molecule has 2 fully saturated rings. The monoisotopic (exact) mass is 408 g/mol. The van der Waals surface area contributed by atoms with Crippen LogP contribution >= 0.6 is 0 Å². The lowest BCUT2D eigenvalue weighted by atomic mass is 9.77. The fourth-order valence-electron chi connectivity index (χ4n) is 5.34.